The van der Waals surface area contributed by atoms with Crippen LogP contribution < -0.4 is 0 Å². The van der Waals surface area contributed by atoms with E-state index in [1.807, 2.05) is 24.3 Å². The molecule has 1 fully saturated rings. The summed E-state index contributed by atoms with van der Waals surface area (Å²) in [4.78, 5) is 14.0. The molecule has 0 aromatic heterocycles. The highest BCUT2D eigenvalue weighted by atomic mass is 35.5. The molecule has 0 aliphatic carbocycles. The van der Waals surface area contributed by atoms with Gasteiger partial charge in [0, 0.05) is 17.5 Å². The van der Waals surface area contributed by atoms with E-state index in [0.29, 0.717) is 6.42 Å². The molecule has 1 heterocycles. The lowest BCUT2D eigenvalue weighted by molar-refractivity contribution is -0.118. The van der Waals surface area contributed by atoms with Gasteiger partial charge < -0.3 is 0 Å². The lowest BCUT2D eigenvalue weighted by Gasteiger charge is -2.36. The van der Waals surface area contributed by atoms with Gasteiger partial charge in [-0.15, -0.1) is 0 Å². The Labute approximate surface area is 120 Å². The Morgan fingerprint density at radius 1 is 1.32 bits per heavy atom. The second-order valence-corrected chi connectivity index (χ2v) is 6.13. The van der Waals surface area contributed by atoms with Crippen molar-refractivity contribution >= 4 is 17.4 Å². The van der Waals surface area contributed by atoms with E-state index in [-0.39, 0.29) is 11.8 Å². The fourth-order valence-corrected chi connectivity index (χ4v) is 2.88. The number of benzene rings is 1. The molecule has 0 N–H and O–H groups in total. The summed E-state index contributed by atoms with van der Waals surface area (Å²) in [5.41, 5.74) is 1.20. The van der Waals surface area contributed by atoms with Gasteiger partial charge in [0.2, 0.25) is 0 Å². The van der Waals surface area contributed by atoms with Gasteiger partial charge in [0.05, 0.1) is 0 Å². The fourth-order valence-electron chi connectivity index (χ4n) is 2.76. The largest absolute Gasteiger partial charge is 0.300 e. The Morgan fingerprint density at radius 3 is 2.42 bits per heavy atom. The van der Waals surface area contributed by atoms with E-state index in [1.54, 1.807) is 6.92 Å². The third-order valence-electron chi connectivity index (χ3n) is 3.99. The van der Waals surface area contributed by atoms with Crippen LogP contribution in [-0.4, -0.2) is 23.8 Å². The zero-order chi connectivity index (χ0) is 13.8. The molecule has 0 bridgehead atoms. The van der Waals surface area contributed by atoms with Crippen LogP contribution in [0.5, 0.6) is 0 Å². The highest BCUT2D eigenvalue weighted by Crippen LogP contribution is 2.30. The third-order valence-corrected chi connectivity index (χ3v) is 4.25. The molecule has 1 aromatic rings. The standard InChI is InChI=1S/C16H22ClNO/c1-12-7-9-18(10-8-12)16(11-13(2)19)14-3-5-15(17)6-4-14/h3-6,12,16H,7-11H2,1-2H3. The van der Waals surface area contributed by atoms with E-state index in [1.165, 1.54) is 18.4 Å². The first-order valence-electron chi connectivity index (χ1n) is 7.05. The van der Waals surface area contributed by atoms with Crippen molar-refractivity contribution in [2.45, 2.75) is 39.2 Å². The molecule has 104 valence electrons. The fraction of sp³-hybridized carbons (Fsp3) is 0.562. The van der Waals surface area contributed by atoms with Crippen molar-refractivity contribution in [3.8, 4) is 0 Å². The van der Waals surface area contributed by atoms with Gasteiger partial charge in [0.15, 0.2) is 0 Å². The summed E-state index contributed by atoms with van der Waals surface area (Å²) < 4.78 is 0. The summed E-state index contributed by atoms with van der Waals surface area (Å²) in [6.45, 7) is 6.15. The molecule has 1 saturated heterocycles. The van der Waals surface area contributed by atoms with E-state index >= 15 is 0 Å². The predicted octanol–water partition coefficient (Wildman–Crippen LogP) is 4.09. The minimum atomic E-state index is 0.210. The Bertz CT molecular complexity index is 421. The summed E-state index contributed by atoms with van der Waals surface area (Å²) >= 11 is 5.95. The lowest BCUT2D eigenvalue weighted by atomic mass is 9.94. The van der Waals surface area contributed by atoms with Crippen molar-refractivity contribution in [3.63, 3.8) is 0 Å². The van der Waals surface area contributed by atoms with E-state index in [4.69, 9.17) is 11.6 Å². The number of carbonyl (C=O) groups is 1. The first-order valence-corrected chi connectivity index (χ1v) is 7.43. The summed E-state index contributed by atoms with van der Waals surface area (Å²) in [6.07, 6.45) is 3.04. The van der Waals surface area contributed by atoms with E-state index in [9.17, 15) is 4.79 Å². The SMILES string of the molecule is CC(=O)CC(c1ccc(Cl)cc1)N1CCC(C)CC1. The summed E-state index contributed by atoms with van der Waals surface area (Å²) in [7, 11) is 0. The minimum Gasteiger partial charge on any atom is -0.300 e. The number of halogens is 1. The normalized spacial score (nSPS) is 19.3. The highest BCUT2D eigenvalue weighted by molar-refractivity contribution is 6.30. The number of hydrogen-bond donors (Lipinski definition) is 0. The van der Waals surface area contributed by atoms with Crippen LogP contribution in [0.4, 0.5) is 0 Å². The zero-order valence-corrected chi connectivity index (χ0v) is 12.5. The molecule has 19 heavy (non-hydrogen) atoms. The van der Waals surface area contributed by atoms with Crippen molar-refractivity contribution in [1.82, 2.24) is 4.90 Å². The molecule has 1 unspecified atom stereocenters. The van der Waals surface area contributed by atoms with Gasteiger partial charge in [-0.25, -0.2) is 0 Å². The van der Waals surface area contributed by atoms with Crippen LogP contribution in [-0.2, 0) is 4.79 Å². The van der Waals surface area contributed by atoms with Crippen molar-refractivity contribution in [3.05, 3.63) is 34.9 Å². The zero-order valence-electron chi connectivity index (χ0n) is 11.7. The molecule has 1 aliphatic rings. The monoisotopic (exact) mass is 279 g/mol. The molecule has 1 aromatic carbocycles. The maximum atomic E-state index is 11.5. The number of likely N-dealkylation sites (tertiary alicyclic amines) is 1. The average Bonchev–Trinajstić information content (AvgIpc) is 2.38. The maximum absolute atomic E-state index is 11.5. The van der Waals surface area contributed by atoms with Gasteiger partial charge in [0.1, 0.15) is 5.78 Å². The topological polar surface area (TPSA) is 20.3 Å². The summed E-state index contributed by atoms with van der Waals surface area (Å²) in [6, 6.07) is 8.14. The molecular formula is C16H22ClNO. The van der Waals surface area contributed by atoms with Gasteiger partial charge in [-0.1, -0.05) is 30.7 Å². The van der Waals surface area contributed by atoms with Crippen LogP contribution in [0, 0.1) is 5.92 Å². The molecular weight excluding hydrogens is 258 g/mol. The smallest absolute Gasteiger partial charge is 0.131 e. The molecule has 0 spiro atoms. The number of carbonyl (C=O) groups excluding carboxylic acids is 1. The number of ketones is 1. The number of rotatable bonds is 4. The molecule has 0 amide bonds. The summed E-state index contributed by atoms with van der Waals surface area (Å²) in [5, 5.41) is 0.748. The molecule has 2 rings (SSSR count). The van der Waals surface area contributed by atoms with Gasteiger partial charge in [-0.05, 0) is 56.5 Å². The highest BCUT2D eigenvalue weighted by Gasteiger charge is 2.25. The quantitative estimate of drug-likeness (QED) is 0.827. The number of hydrogen-bond acceptors (Lipinski definition) is 2. The van der Waals surface area contributed by atoms with Crippen molar-refractivity contribution in [1.29, 1.82) is 0 Å². The molecule has 3 heteroatoms. The van der Waals surface area contributed by atoms with Crippen molar-refractivity contribution in [2.75, 3.05) is 13.1 Å². The molecule has 0 saturated carbocycles. The Balaban J connectivity index is 2.15. The van der Waals surface area contributed by atoms with Gasteiger partial charge in [0.25, 0.3) is 0 Å². The van der Waals surface area contributed by atoms with Gasteiger partial charge >= 0.3 is 0 Å². The van der Waals surface area contributed by atoms with Crippen LogP contribution in [0.15, 0.2) is 24.3 Å². The van der Waals surface area contributed by atoms with Gasteiger partial charge in [-0.3, -0.25) is 9.69 Å². The van der Waals surface area contributed by atoms with Crippen LogP contribution in [0.3, 0.4) is 0 Å². The predicted molar refractivity (Wildman–Crippen MR) is 79.5 cm³/mol. The number of piperidine rings is 1. The first kappa shape index (κ1) is 14.5. The number of Topliss-reactive ketones (excluding diaryl/α,β-unsaturated/α-hetero) is 1. The van der Waals surface area contributed by atoms with Crippen LogP contribution in [0.25, 0.3) is 0 Å². The molecule has 0 radical (unpaired) electrons. The van der Waals surface area contributed by atoms with Crippen LogP contribution in [0.2, 0.25) is 5.02 Å². The molecule has 2 nitrogen and oxygen atoms in total. The second kappa shape index (κ2) is 6.53. The number of nitrogens with zero attached hydrogens (tertiary/aromatic N) is 1. The van der Waals surface area contributed by atoms with E-state index in [2.05, 4.69) is 11.8 Å². The summed E-state index contributed by atoms with van der Waals surface area (Å²) in [5.74, 6) is 1.05. The van der Waals surface area contributed by atoms with Crippen LogP contribution in [0.1, 0.15) is 44.7 Å². The van der Waals surface area contributed by atoms with Crippen molar-refractivity contribution < 1.29 is 4.79 Å². The third kappa shape index (κ3) is 4.05. The second-order valence-electron chi connectivity index (χ2n) is 5.69. The lowest BCUT2D eigenvalue weighted by Crippen LogP contribution is -2.37. The van der Waals surface area contributed by atoms with Crippen LogP contribution >= 0.6 is 11.6 Å². The average molecular weight is 280 g/mol. The van der Waals surface area contributed by atoms with Gasteiger partial charge in [-0.2, -0.15) is 0 Å². The van der Waals surface area contributed by atoms with E-state index in [0.717, 1.165) is 24.0 Å². The van der Waals surface area contributed by atoms with E-state index < -0.39 is 0 Å². The minimum absolute atomic E-state index is 0.210. The van der Waals surface area contributed by atoms with Crippen molar-refractivity contribution in [2.24, 2.45) is 5.92 Å². The Hall–Kier alpha value is -0.860. The Kier molecular flexibility index (Phi) is 5.00. The Morgan fingerprint density at radius 2 is 1.89 bits per heavy atom. The molecule has 1 atom stereocenters. The first-order chi connectivity index (χ1) is 9.06. The molecule has 1 aliphatic heterocycles. The maximum Gasteiger partial charge on any atom is 0.131 e.